The predicted octanol–water partition coefficient (Wildman–Crippen LogP) is 1.93. The van der Waals surface area contributed by atoms with Crippen LogP contribution in [0.3, 0.4) is 0 Å². The molecule has 4 nitrogen and oxygen atoms in total. The number of nitrogens with zero attached hydrogens (tertiary/aromatic N) is 3. The van der Waals surface area contributed by atoms with Crippen LogP contribution in [0.1, 0.15) is 51.6 Å². The van der Waals surface area contributed by atoms with E-state index >= 15 is 0 Å². The Kier molecular flexibility index (Phi) is 3.59. The van der Waals surface area contributed by atoms with Gasteiger partial charge in [-0.25, -0.2) is 4.68 Å². The number of aromatic nitrogens is 3. The number of rotatable bonds is 6. The molecule has 0 saturated heterocycles. The average molecular weight is 222 g/mol. The minimum atomic E-state index is 0.474. The maximum Gasteiger partial charge on any atom is 0.0728 e. The van der Waals surface area contributed by atoms with Crippen molar-refractivity contribution in [2.24, 2.45) is 0 Å². The van der Waals surface area contributed by atoms with Crippen molar-refractivity contribution in [2.45, 2.75) is 64.6 Å². The van der Waals surface area contributed by atoms with Gasteiger partial charge >= 0.3 is 0 Å². The fourth-order valence-corrected chi connectivity index (χ4v) is 2.03. The highest BCUT2D eigenvalue weighted by atomic mass is 15.4. The van der Waals surface area contributed by atoms with Crippen molar-refractivity contribution in [3.8, 4) is 0 Å². The van der Waals surface area contributed by atoms with Gasteiger partial charge in [-0.05, 0) is 26.2 Å². The van der Waals surface area contributed by atoms with Gasteiger partial charge in [0.2, 0.25) is 0 Å². The van der Waals surface area contributed by atoms with E-state index in [4.69, 9.17) is 0 Å². The second-order valence-corrected chi connectivity index (χ2v) is 4.90. The molecule has 1 aromatic heterocycles. The highest BCUT2D eigenvalue weighted by molar-refractivity contribution is 5.06. The van der Waals surface area contributed by atoms with Gasteiger partial charge in [-0.3, -0.25) is 0 Å². The number of hydrogen-bond acceptors (Lipinski definition) is 3. The summed E-state index contributed by atoms with van der Waals surface area (Å²) >= 11 is 0. The second kappa shape index (κ2) is 4.95. The quantitative estimate of drug-likeness (QED) is 0.799. The summed E-state index contributed by atoms with van der Waals surface area (Å²) < 4.78 is 2.04. The van der Waals surface area contributed by atoms with Gasteiger partial charge in [0.25, 0.3) is 0 Å². The molecular weight excluding hydrogens is 200 g/mol. The minimum Gasteiger partial charge on any atom is -0.311 e. The molecule has 2 rings (SSSR count). The molecule has 16 heavy (non-hydrogen) atoms. The van der Waals surface area contributed by atoms with Crippen molar-refractivity contribution in [1.82, 2.24) is 20.3 Å². The molecule has 1 fully saturated rings. The maximum atomic E-state index is 4.14. The summed E-state index contributed by atoms with van der Waals surface area (Å²) in [6, 6.07) is 1.26. The summed E-state index contributed by atoms with van der Waals surface area (Å²) in [7, 11) is 0. The molecule has 0 aromatic carbocycles. The molecular formula is C12H22N4. The lowest BCUT2D eigenvalue weighted by Crippen LogP contribution is -2.33. The maximum absolute atomic E-state index is 4.14. The molecule has 1 aliphatic rings. The van der Waals surface area contributed by atoms with Crippen molar-refractivity contribution in [2.75, 3.05) is 0 Å². The van der Waals surface area contributed by atoms with Crippen LogP contribution in [0.25, 0.3) is 0 Å². The summed E-state index contributed by atoms with van der Waals surface area (Å²) in [5, 5.41) is 11.8. The lowest BCUT2D eigenvalue weighted by atomic mass is 10.00. The molecule has 1 aromatic rings. The van der Waals surface area contributed by atoms with E-state index in [1.807, 2.05) is 10.9 Å². The highest BCUT2D eigenvalue weighted by Crippen LogP contribution is 2.24. The standard InChI is InChI=1S/C12H22N4/c1-4-7-16-12(8-13-15-16)9(2)10(3)14-11-5-6-11/h8-11,14H,4-7H2,1-3H3. The Labute approximate surface area is 97.4 Å². The van der Waals surface area contributed by atoms with Crippen molar-refractivity contribution in [1.29, 1.82) is 0 Å². The third-order valence-electron chi connectivity index (χ3n) is 3.38. The molecule has 1 saturated carbocycles. The van der Waals surface area contributed by atoms with E-state index in [1.54, 1.807) is 0 Å². The SMILES string of the molecule is CCCn1nncc1C(C)C(C)NC1CC1. The van der Waals surface area contributed by atoms with Crippen molar-refractivity contribution in [3.63, 3.8) is 0 Å². The van der Waals surface area contributed by atoms with Gasteiger partial charge in [0.05, 0.1) is 11.9 Å². The van der Waals surface area contributed by atoms with Crippen LogP contribution in [0, 0.1) is 0 Å². The molecule has 90 valence electrons. The Bertz CT molecular complexity index is 330. The number of nitrogens with one attached hydrogen (secondary N) is 1. The normalized spacial score (nSPS) is 19.7. The number of hydrogen-bond donors (Lipinski definition) is 1. The lowest BCUT2D eigenvalue weighted by Gasteiger charge is -2.21. The largest absolute Gasteiger partial charge is 0.311 e. The van der Waals surface area contributed by atoms with E-state index in [0.717, 1.165) is 19.0 Å². The first-order chi connectivity index (χ1) is 7.72. The second-order valence-electron chi connectivity index (χ2n) is 4.90. The van der Waals surface area contributed by atoms with Gasteiger partial charge in [0.1, 0.15) is 0 Å². The Morgan fingerprint density at radius 3 is 2.88 bits per heavy atom. The molecule has 1 heterocycles. The fourth-order valence-electron chi connectivity index (χ4n) is 2.03. The molecule has 0 bridgehead atoms. The molecule has 1 aliphatic carbocycles. The monoisotopic (exact) mass is 222 g/mol. The zero-order valence-electron chi connectivity index (χ0n) is 10.5. The van der Waals surface area contributed by atoms with Gasteiger partial charge in [-0.2, -0.15) is 0 Å². The molecule has 0 spiro atoms. The van der Waals surface area contributed by atoms with Crippen LogP contribution in [-0.2, 0) is 6.54 Å². The summed E-state index contributed by atoms with van der Waals surface area (Å²) in [6.45, 7) is 7.65. The molecule has 1 N–H and O–H groups in total. The van der Waals surface area contributed by atoms with E-state index in [-0.39, 0.29) is 0 Å². The Balaban J connectivity index is 1.99. The van der Waals surface area contributed by atoms with E-state index in [1.165, 1.54) is 18.5 Å². The summed E-state index contributed by atoms with van der Waals surface area (Å²) in [6.07, 6.45) is 5.69. The minimum absolute atomic E-state index is 0.474. The van der Waals surface area contributed by atoms with Crippen LogP contribution in [0.15, 0.2) is 6.20 Å². The molecule has 2 atom stereocenters. The first kappa shape index (κ1) is 11.6. The van der Waals surface area contributed by atoms with Crippen LogP contribution in [0.5, 0.6) is 0 Å². The first-order valence-corrected chi connectivity index (χ1v) is 6.36. The molecule has 0 radical (unpaired) electrons. The van der Waals surface area contributed by atoms with E-state index in [2.05, 4.69) is 36.4 Å². The van der Waals surface area contributed by atoms with Gasteiger partial charge in [-0.1, -0.05) is 19.1 Å². The molecule has 4 heteroatoms. The van der Waals surface area contributed by atoms with Gasteiger partial charge < -0.3 is 5.32 Å². The molecule has 0 amide bonds. The van der Waals surface area contributed by atoms with E-state index < -0.39 is 0 Å². The summed E-state index contributed by atoms with van der Waals surface area (Å²) in [5.41, 5.74) is 1.25. The van der Waals surface area contributed by atoms with Crippen LogP contribution < -0.4 is 5.32 Å². The predicted molar refractivity (Wildman–Crippen MR) is 64.3 cm³/mol. The zero-order valence-corrected chi connectivity index (χ0v) is 10.5. The highest BCUT2D eigenvalue weighted by Gasteiger charge is 2.26. The van der Waals surface area contributed by atoms with Crippen molar-refractivity contribution in [3.05, 3.63) is 11.9 Å². The Morgan fingerprint density at radius 1 is 1.50 bits per heavy atom. The fraction of sp³-hybridized carbons (Fsp3) is 0.833. The average Bonchev–Trinajstić information content (AvgIpc) is 2.95. The first-order valence-electron chi connectivity index (χ1n) is 6.36. The smallest absolute Gasteiger partial charge is 0.0728 e. The van der Waals surface area contributed by atoms with Gasteiger partial charge in [-0.15, -0.1) is 5.10 Å². The molecule has 2 unspecified atom stereocenters. The van der Waals surface area contributed by atoms with E-state index in [0.29, 0.717) is 12.0 Å². The molecule has 0 aliphatic heterocycles. The number of aryl methyl sites for hydroxylation is 1. The topological polar surface area (TPSA) is 42.7 Å². The Morgan fingerprint density at radius 2 is 2.25 bits per heavy atom. The van der Waals surface area contributed by atoms with Crippen LogP contribution in [0.4, 0.5) is 0 Å². The Hall–Kier alpha value is -0.900. The van der Waals surface area contributed by atoms with Gasteiger partial charge in [0.15, 0.2) is 0 Å². The van der Waals surface area contributed by atoms with Crippen LogP contribution >= 0.6 is 0 Å². The van der Waals surface area contributed by atoms with Crippen LogP contribution in [0.2, 0.25) is 0 Å². The summed E-state index contributed by atoms with van der Waals surface area (Å²) in [4.78, 5) is 0. The van der Waals surface area contributed by atoms with Crippen molar-refractivity contribution >= 4 is 0 Å². The van der Waals surface area contributed by atoms with Crippen molar-refractivity contribution < 1.29 is 0 Å². The van der Waals surface area contributed by atoms with Gasteiger partial charge in [0, 0.05) is 24.5 Å². The third kappa shape index (κ3) is 2.61. The summed E-state index contributed by atoms with van der Waals surface area (Å²) in [5.74, 6) is 0.474. The lowest BCUT2D eigenvalue weighted by molar-refractivity contribution is 0.443. The van der Waals surface area contributed by atoms with Crippen LogP contribution in [-0.4, -0.2) is 27.1 Å². The zero-order chi connectivity index (χ0) is 11.5. The van der Waals surface area contributed by atoms with E-state index in [9.17, 15) is 0 Å². The third-order valence-corrected chi connectivity index (χ3v) is 3.38.